The summed E-state index contributed by atoms with van der Waals surface area (Å²) in [5.74, 6) is 0.885. The smallest absolute Gasteiger partial charge is 0.217 e. The highest BCUT2D eigenvalue weighted by Gasteiger charge is 2.17. The number of likely N-dealkylation sites (tertiary alicyclic amines) is 1. The zero-order chi connectivity index (χ0) is 10.6. The van der Waals surface area contributed by atoms with Gasteiger partial charge in [-0.2, -0.15) is 0 Å². The van der Waals surface area contributed by atoms with Crippen LogP contribution in [0.3, 0.4) is 0 Å². The largest absolute Gasteiger partial charge is 0.353 e. The maximum Gasteiger partial charge on any atom is 0.217 e. The third-order valence-electron chi connectivity index (χ3n) is 2.72. The lowest BCUT2D eigenvalue weighted by Gasteiger charge is -2.32. The summed E-state index contributed by atoms with van der Waals surface area (Å²) in [4.78, 5) is 13.3. The first-order chi connectivity index (χ1) is 6.58. The Labute approximate surface area is 86.9 Å². The number of rotatable bonds is 3. The van der Waals surface area contributed by atoms with Gasteiger partial charge < -0.3 is 10.2 Å². The van der Waals surface area contributed by atoms with E-state index in [0.717, 1.165) is 12.5 Å². The molecule has 1 aliphatic heterocycles. The van der Waals surface area contributed by atoms with Gasteiger partial charge >= 0.3 is 0 Å². The van der Waals surface area contributed by atoms with E-state index in [-0.39, 0.29) is 11.9 Å². The summed E-state index contributed by atoms with van der Waals surface area (Å²) in [6.07, 6.45) is 2.65. The van der Waals surface area contributed by atoms with E-state index < -0.39 is 0 Å². The number of nitrogens with zero attached hydrogens (tertiary/aromatic N) is 1. The van der Waals surface area contributed by atoms with E-state index in [0.29, 0.717) is 0 Å². The summed E-state index contributed by atoms with van der Waals surface area (Å²) >= 11 is 0. The summed E-state index contributed by atoms with van der Waals surface area (Å²) in [6, 6.07) is 0.276. The highest BCUT2D eigenvalue weighted by molar-refractivity contribution is 5.73. The van der Waals surface area contributed by atoms with Crippen LogP contribution in [0.1, 0.15) is 33.6 Å². The van der Waals surface area contributed by atoms with Crippen LogP contribution in [-0.2, 0) is 4.79 Å². The molecule has 1 fully saturated rings. The number of carbonyl (C=O) groups is 1. The predicted molar refractivity (Wildman–Crippen MR) is 58.1 cm³/mol. The zero-order valence-corrected chi connectivity index (χ0v) is 9.55. The fourth-order valence-electron chi connectivity index (χ4n) is 2.23. The minimum Gasteiger partial charge on any atom is -0.353 e. The third-order valence-corrected chi connectivity index (χ3v) is 2.72. The van der Waals surface area contributed by atoms with Gasteiger partial charge in [0.05, 0.1) is 0 Å². The van der Waals surface area contributed by atoms with Crippen molar-refractivity contribution in [2.75, 3.05) is 19.6 Å². The molecule has 1 rings (SSSR count). The van der Waals surface area contributed by atoms with Crippen LogP contribution in [0.15, 0.2) is 0 Å². The molecule has 2 unspecified atom stereocenters. The average Bonchev–Trinajstić information content (AvgIpc) is 2.01. The Bertz CT molecular complexity index is 194. The fourth-order valence-corrected chi connectivity index (χ4v) is 2.23. The molecule has 14 heavy (non-hydrogen) atoms. The number of nitrogens with one attached hydrogen (secondary N) is 1. The van der Waals surface area contributed by atoms with Gasteiger partial charge in [-0.1, -0.05) is 6.92 Å². The SMILES string of the molecule is CC(=O)NC(C)CN1CCCC(C)C1. The molecule has 0 aromatic rings. The van der Waals surface area contributed by atoms with Gasteiger partial charge in [-0.05, 0) is 32.2 Å². The molecule has 1 amide bonds. The molecule has 1 saturated heterocycles. The molecule has 3 nitrogen and oxygen atoms in total. The van der Waals surface area contributed by atoms with E-state index in [1.165, 1.54) is 25.9 Å². The van der Waals surface area contributed by atoms with E-state index in [2.05, 4.69) is 24.1 Å². The Kier molecular flexibility index (Phi) is 4.39. The van der Waals surface area contributed by atoms with Crippen molar-refractivity contribution in [3.63, 3.8) is 0 Å². The highest BCUT2D eigenvalue weighted by Crippen LogP contribution is 2.15. The number of amides is 1. The molecule has 0 radical (unpaired) electrons. The normalized spacial score (nSPS) is 25.8. The van der Waals surface area contributed by atoms with Crippen LogP contribution in [0.4, 0.5) is 0 Å². The summed E-state index contributed by atoms with van der Waals surface area (Å²) in [5.41, 5.74) is 0. The first-order valence-electron chi connectivity index (χ1n) is 5.57. The highest BCUT2D eigenvalue weighted by atomic mass is 16.1. The fraction of sp³-hybridized carbons (Fsp3) is 0.909. The van der Waals surface area contributed by atoms with E-state index in [9.17, 15) is 4.79 Å². The monoisotopic (exact) mass is 198 g/mol. The molecule has 0 saturated carbocycles. The van der Waals surface area contributed by atoms with Crippen LogP contribution in [0.5, 0.6) is 0 Å². The van der Waals surface area contributed by atoms with Crippen LogP contribution in [0.25, 0.3) is 0 Å². The minimum absolute atomic E-state index is 0.0718. The van der Waals surface area contributed by atoms with Crippen molar-refractivity contribution >= 4 is 5.91 Å². The van der Waals surface area contributed by atoms with Gasteiger partial charge in [-0.25, -0.2) is 0 Å². The summed E-state index contributed by atoms with van der Waals surface area (Å²) in [5, 5.41) is 2.92. The Morgan fingerprint density at radius 3 is 2.93 bits per heavy atom. The number of piperidine rings is 1. The van der Waals surface area contributed by atoms with E-state index >= 15 is 0 Å². The van der Waals surface area contributed by atoms with Crippen molar-refractivity contribution in [3.8, 4) is 0 Å². The molecule has 0 aromatic heterocycles. The van der Waals surface area contributed by atoms with E-state index in [1.54, 1.807) is 6.92 Å². The quantitative estimate of drug-likeness (QED) is 0.740. The number of hydrogen-bond donors (Lipinski definition) is 1. The lowest BCUT2D eigenvalue weighted by atomic mass is 10.00. The second-order valence-electron chi connectivity index (χ2n) is 4.61. The maximum absolute atomic E-state index is 10.8. The van der Waals surface area contributed by atoms with Gasteiger partial charge in [0.2, 0.25) is 5.91 Å². The van der Waals surface area contributed by atoms with Crippen LogP contribution in [0.2, 0.25) is 0 Å². The second-order valence-corrected chi connectivity index (χ2v) is 4.61. The average molecular weight is 198 g/mol. The van der Waals surface area contributed by atoms with Gasteiger partial charge in [-0.3, -0.25) is 4.79 Å². The number of carbonyl (C=O) groups excluding carboxylic acids is 1. The Morgan fingerprint density at radius 1 is 1.64 bits per heavy atom. The molecule has 1 heterocycles. The first-order valence-corrected chi connectivity index (χ1v) is 5.57. The summed E-state index contributed by atoms with van der Waals surface area (Å²) in [7, 11) is 0. The Hall–Kier alpha value is -0.570. The van der Waals surface area contributed by atoms with Gasteiger partial charge in [0.25, 0.3) is 0 Å². The van der Waals surface area contributed by atoms with Crippen LogP contribution in [0, 0.1) is 5.92 Å². The van der Waals surface area contributed by atoms with Gasteiger partial charge in [-0.15, -0.1) is 0 Å². The molecule has 82 valence electrons. The molecule has 0 bridgehead atoms. The molecule has 0 aromatic carbocycles. The molecule has 0 spiro atoms. The van der Waals surface area contributed by atoms with Gasteiger partial charge in [0.1, 0.15) is 0 Å². The first kappa shape index (κ1) is 11.5. The molecule has 2 atom stereocenters. The minimum atomic E-state index is 0.0718. The van der Waals surface area contributed by atoms with Gasteiger partial charge in [0, 0.05) is 26.1 Å². The van der Waals surface area contributed by atoms with Crippen molar-refractivity contribution in [2.24, 2.45) is 5.92 Å². The van der Waals surface area contributed by atoms with Crippen molar-refractivity contribution < 1.29 is 4.79 Å². The summed E-state index contributed by atoms with van der Waals surface area (Å²) in [6.45, 7) is 9.31. The van der Waals surface area contributed by atoms with Crippen LogP contribution in [-0.4, -0.2) is 36.5 Å². The third kappa shape index (κ3) is 4.09. The molecule has 1 N–H and O–H groups in total. The standard InChI is InChI=1S/C11H22N2O/c1-9-5-4-6-13(7-9)8-10(2)12-11(3)14/h9-10H,4-8H2,1-3H3,(H,12,14). The topological polar surface area (TPSA) is 32.3 Å². The Morgan fingerprint density at radius 2 is 2.36 bits per heavy atom. The van der Waals surface area contributed by atoms with Crippen LogP contribution >= 0.6 is 0 Å². The number of hydrogen-bond acceptors (Lipinski definition) is 2. The van der Waals surface area contributed by atoms with Crippen molar-refractivity contribution in [3.05, 3.63) is 0 Å². The maximum atomic E-state index is 10.8. The summed E-state index contributed by atoms with van der Waals surface area (Å²) < 4.78 is 0. The van der Waals surface area contributed by atoms with Crippen molar-refractivity contribution in [1.29, 1.82) is 0 Å². The molecular weight excluding hydrogens is 176 g/mol. The van der Waals surface area contributed by atoms with E-state index in [1.807, 2.05) is 0 Å². The van der Waals surface area contributed by atoms with Crippen molar-refractivity contribution in [2.45, 2.75) is 39.7 Å². The molecule has 1 aliphatic rings. The zero-order valence-electron chi connectivity index (χ0n) is 9.55. The Balaban J connectivity index is 2.25. The van der Waals surface area contributed by atoms with Gasteiger partial charge in [0.15, 0.2) is 0 Å². The molecular formula is C11H22N2O. The predicted octanol–water partition coefficient (Wildman–Crippen LogP) is 1.24. The lowest BCUT2D eigenvalue weighted by molar-refractivity contribution is -0.119. The second kappa shape index (κ2) is 5.35. The molecule has 3 heteroatoms. The molecule has 0 aliphatic carbocycles. The van der Waals surface area contributed by atoms with Crippen molar-refractivity contribution in [1.82, 2.24) is 10.2 Å². The van der Waals surface area contributed by atoms with Crippen LogP contribution < -0.4 is 5.32 Å². The van der Waals surface area contributed by atoms with E-state index in [4.69, 9.17) is 0 Å². The lowest BCUT2D eigenvalue weighted by Crippen LogP contribution is -2.44.